The molecule has 0 unspecified atom stereocenters. The molecule has 0 radical (unpaired) electrons. The lowest BCUT2D eigenvalue weighted by atomic mass is 10.2. The van der Waals surface area contributed by atoms with Gasteiger partial charge in [-0.2, -0.15) is 10.2 Å². The lowest BCUT2D eigenvalue weighted by Gasteiger charge is -2.34. The predicted molar refractivity (Wildman–Crippen MR) is 155 cm³/mol. The first-order valence-electron chi connectivity index (χ1n) is 12.1. The summed E-state index contributed by atoms with van der Waals surface area (Å²) in [5.41, 5.74) is 5.20. The molecule has 1 aliphatic rings. The topological polar surface area (TPSA) is 49.6 Å². The summed E-state index contributed by atoms with van der Waals surface area (Å²) < 4.78 is 4.18. The highest BCUT2D eigenvalue weighted by atomic mass is 35.5. The van der Waals surface area contributed by atoms with Crippen LogP contribution in [0.2, 0.25) is 5.02 Å². The number of benzene rings is 3. The Balaban J connectivity index is 1.26. The van der Waals surface area contributed by atoms with Gasteiger partial charge in [-0.05, 0) is 67.2 Å². The van der Waals surface area contributed by atoms with Gasteiger partial charge in [-0.1, -0.05) is 41.9 Å². The monoisotopic (exact) mass is 544 g/mol. The molecule has 1 fully saturated rings. The maximum atomic E-state index is 6.05. The van der Waals surface area contributed by atoms with Crippen molar-refractivity contribution in [1.29, 1.82) is 0 Å². The zero-order valence-electron chi connectivity index (χ0n) is 20.3. The number of rotatable bonds is 6. The van der Waals surface area contributed by atoms with E-state index >= 15 is 0 Å². The van der Waals surface area contributed by atoms with Crippen molar-refractivity contribution in [3.63, 3.8) is 0 Å². The van der Waals surface area contributed by atoms with Crippen molar-refractivity contribution in [3.05, 3.63) is 95.1 Å². The molecule has 9 heteroatoms. The molecule has 0 amide bonds. The number of fused-ring (bicyclic) bond motifs is 1. The minimum Gasteiger partial charge on any atom is -0.368 e. The number of aromatic nitrogens is 3. The van der Waals surface area contributed by atoms with Crippen LogP contribution < -0.4 is 4.90 Å². The fourth-order valence-electron chi connectivity index (χ4n) is 4.35. The Morgan fingerprint density at radius 2 is 1.62 bits per heavy atom. The molecule has 186 valence electrons. The van der Waals surface area contributed by atoms with E-state index in [-0.39, 0.29) is 0 Å². The Kier molecular flexibility index (Phi) is 6.87. The number of halogens is 1. The molecule has 0 aliphatic carbocycles. The van der Waals surface area contributed by atoms with Gasteiger partial charge in [-0.25, -0.2) is 9.67 Å². The summed E-state index contributed by atoms with van der Waals surface area (Å²) in [6, 6.07) is 26.5. The number of piperazine rings is 1. The van der Waals surface area contributed by atoms with Gasteiger partial charge in [0.25, 0.3) is 0 Å². The van der Waals surface area contributed by atoms with E-state index in [0.29, 0.717) is 0 Å². The molecule has 3 aromatic carbocycles. The van der Waals surface area contributed by atoms with Gasteiger partial charge in [0.05, 0.1) is 46.5 Å². The number of thiazole rings is 1. The maximum Gasteiger partial charge on any atom is 0.157 e. The largest absolute Gasteiger partial charge is 0.368 e. The first-order chi connectivity index (χ1) is 18.1. The zero-order chi connectivity index (χ0) is 25.2. The van der Waals surface area contributed by atoms with Gasteiger partial charge in [-0.15, -0.1) is 11.3 Å². The van der Waals surface area contributed by atoms with Crippen molar-refractivity contribution >= 4 is 56.8 Å². The molecule has 0 spiro atoms. The molecule has 37 heavy (non-hydrogen) atoms. The van der Waals surface area contributed by atoms with Crippen LogP contribution in [0.15, 0.2) is 93.3 Å². The van der Waals surface area contributed by atoms with E-state index in [9.17, 15) is 0 Å². The molecule has 0 N–H and O–H groups in total. The van der Waals surface area contributed by atoms with Gasteiger partial charge in [0.2, 0.25) is 0 Å². The molecule has 3 heterocycles. The smallest absolute Gasteiger partial charge is 0.157 e. The average molecular weight is 545 g/mol. The van der Waals surface area contributed by atoms with Crippen LogP contribution in [0.4, 0.5) is 5.69 Å². The molecular weight excluding hydrogens is 520 g/mol. The third-order valence-electron chi connectivity index (χ3n) is 6.32. The summed E-state index contributed by atoms with van der Waals surface area (Å²) in [5, 5.41) is 13.7. The van der Waals surface area contributed by atoms with Gasteiger partial charge in [0.15, 0.2) is 4.34 Å². The number of nitrogens with zero attached hydrogens (tertiary/aromatic N) is 6. The van der Waals surface area contributed by atoms with Gasteiger partial charge in [0.1, 0.15) is 5.03 Å². The Bertz CT molecular complexity index is 1500. The van der Waals surface area contributed by atoms with Crippen LogP contribution in [0.3, 0.4) is 0 Å². The number of hydrogen-bond acceptors (Lipinski definition) is 7. The normalized spacial score (nSPS) is 14.2. The van der Waals surface area contributed by atoms with Gasteiger partial charge in [-0.3, -0.25) is 5.01 Å². The van der Waals surface area contributed by atoms with Crippen LogP contribution in [-0.2, 0) is 0 Å². The van der Waals surface area contributed by atoms with E-state index in [2.05, 4.69) is 52.4 Å². The van der Waals surface area contributed by atoms with E-state index in [1.54, 1.807) is 23.1 Å². The number of para-hydroxylation sites is 2. The molecule has 0 saturated carbocycles. The summed E-state index contributed by atoms with van der Waals surface area (Å²) in [7, 11) is 0. The fourth-order valence-corrected chi connectivity index (χ4v) is 6.70. The van der Waals surface area contributed by atoms with Gasteiger partial charge >= 0.3 is 0 Å². The number of anilines is 1. The second kappa shape index (κ2) is 10.6. The lowest BCUT2D eigenvalue weighted by molar-refractivity contribution is 0.272. The fraction of sp³-hybridized carbons (Fsp3) is 0.179. The SMILES string of the molecule is Cc1nn(-c2ccccc2)c(Sc2nc3ccccc3s2)c1/C=N\N1CCN(c2ccc(Cl)cc2)CC1. The van der Waals surface area contributed by atoms with Crippen molar-refractivity contribution in [1.82, 2.24) is 19.8 Å². The van der Waals surface area contributed by atoms with Crippen LogP contribution in [-0.4, -0.2) is 52.2 Å². The van der Waals surface area contributed by atoms with Crippen molar-refractivity contribution in [3.8, 4) is 5.69 Å². The summed E-state index contributed by atoms with van der Waals surface area (Å²) in [6.07, 6.45) is 1.97. The van der Waals surface area contributed by atoms with Crippen LogP contribution in [0, 0.1) is 6.92 Å². The van der Waals surface area contributed by atoms with Crippen molar-refractivity contribution in [2.75, 3.05) is 31.1 Å². The Labute approximate surface area is 229 Å². The van der Waals surface area contributed by atoms with Crippen molar-refractivity contribution in [2.24, 2.45) is 5.10 Å². The Morgan fingerprint density at radius 3 is 2.38 bits per heavy atom. The molecule has 1 aliphatic heterocycles. The first-order valence-corrected chi connectivity index (χ1v) is 14.1. The molecule has 6 nitrogen and oxygen atoms in total. The highest BCUT2D eigenvalue weighted by Gasteiger charge is 2.20. The summed E-state index contributed by atoms with van der Waals surface area (Å²) >= 11 is 9.40. The standard InChI is InChI=1S/C28H25ClN6S2/c1-20-24(19-30-34-17-15-33(16-18-34)22-13-11-21(29)12-14-22)27(35(32-20)23-7-3-2-4-8-23)37-28-31-25-9-5-6-10-26(25)36-28/h2-14,19H,15-18H2,1H3/b30-19-. The molecule has 5 aromatic rings. The first kappa shape index (κ1) is 24.0. The van der Waals surface area contributed by atoms with E-state index in [0.717, 1.165) is 63.0 Å². The van der Waals surface area contributed by atoms with Crippen LogP contribution in [0.1, 0.15) is 11.3 Å². The zero-order valence-corrected chi connectivity index (χ0v) is 22.7. The third-order valence-corrected chi connectivity index (χ3v) is 8.75. The van der Waals surface area contributed by atoms with Gasteiger partial charge < -0.3 is 4.90 Å². The molecule has 0 bridgehead atoms. The van der Waals surface area contributed by atoms with Gasteiger partial charge in [0, 0.05) is 23.8 Å². The summed E-state index contributed by atoms with van der Waals surface area (Å²) in [5.74, 6) is 0. The van der Waals surface area contributed by atoms with E-state index in [1.807, 2.05) is 54.2 Å². The van der Waals surface area contributed by atoms with Crippen LogP contribution >= 0.6 is 34.7 Å². The number of hydrazone groups is 1. The molecule has 0 atom stereocenters. The highest BCUT2D eigenvalue weighted by molar-refractivity contribution is 8.01. The molecular formula is C28H25ClN6S2. The Hall–Kier alpha value is -3.33. The predicted octanol–water partition coefficient (Wildman–Crippen LogP) is 6.75. The molecule has 2 aromatic heterocycles. The maximum absolute atomic E-state index is 6.05. The van der Waals surface area contributed by atoms with Crippen molar-refractivity contribution < 1.29 is 0 Å². The van der Waals surface area contributed by atoms with Crippen LogP contribution in [0.5, 0.6) is 0 Å². The summed E-state index contributed by atoms with van der Waals surface area (Å²) in [6.45, 7) is 5.57. The van der Waals surface area contributed by atoms with Crippen LogP contribution in [0.25, 0.3) is 15.9 Å². The van der Waals surface area contributed by atoms with E-state index in [1.165, 1.54) is 10.4 Å². The minimum absolute atomic E-state index is 0.762. The second-order valence-corrected chi connectivity index (χ2v) is 11.5. The van der Waals surface area contributed by atoms with E-state index < -0.39 is 0 Å². The average Bonchev–Trinajstić information content (AvgIpc) is 3.49. The van der Waals surface area contributed by atoms with Crippen molar-refractivity contribution in [2.45, 2.75) is 16.3 Å². The third kappa shape index (κ3) is 5.23. The number of hydrogen-bond donors (Lipinski definition) is 0. The molecule has 1 saturated heterocycles. The molecule has 6 rings (SSSR count). The summed E-state index contributed by atoms with van der Waals surface area (Å²) in [4.78, 5) is 7.23. The lowest BCUT2D eigenvalue weighted by Crippen LogP contribution is -2.44. The number of aryl methyl sites for hydroxylation is 1. The second-order valence-electron chi connectivity index (χ2n) is 8.76. The quantitative estimate of drug-likeness (QED) is 0.221. The minimum atomic E-state index is 0.762. The highest BCUT2D eigenvalue weighted by Crippen LogP contribution is 2.37. The Morgan fingerprint density at radius 1 is 0.892 bits per heavy atom. The van der Waals surface area contributed by atoms with E-state index in [4.69, 9.17) is 26.8 Å².